The minimum absolute atomic E-state index is 0.132. The summed E-state index contributed by atoms with van der Waals surface area (Å²) in [6, 6.07) is 20.5. The molecule has 0 aliphatic carbocycles. The van der Waals surface area contributed by atoms with Crippen molar-refractivity contribution in [1.82, 2.24) is 24.5 Å². The maximum Gasteiger partial charge on any atom is 0.278 e. The molecule has 36 heavy (non-hydrogen) atoms. The van der Waals surface area contributed by atoms with Crippen molar-refractivity contribution in [3.63, 3.8) is 0 Å². The summed E-state index contributed by atoms with van der Waals surface area (Å²) >= 11 is 0. The molecule has 0 aliphatic heterocycles. The number of anilines is 2. The number of pyridine rings is 1. The highest BCUT2D eigenvalue weighted by Gasteiger charge is 2.23. The molecule has 0 atom stereocenters. The van der Waals surface area contributed by atoms with E-state index in [9.17, 15) is 9.59 Å². The van der Waals surface area contributed by atoms with Gasteiger partial charge in [0.2, 0.25) is 0 Å². The van der Waals surface area contributed by atoms with E-state index < -0.39 is 5.91 Å². The van der Waals surface area contributed by atoms with Crippen LogP contribution in [0.25, 0.3) is 16.7 Å². The van der Waals surface area contributed by atoms with Crippen LogP contribution in [-0.2, 0) is 6.54 Å². The predicted molar refractivity (Wildman–Crippen MR) is 139 cm³/mol. The molecular weight excluding hydrogens is 454 g/mol. The largest absolute Gasteiger partial charge is 0.321 e. The molecule has 2 amide bonds. The van der Waals surface area contributed by atoms with Gasteiger partial charge in [0.15, 0.2) is 11.3 Å². The number of fused-ring (bicyclic) bond motifs is 1. The van der Waals surface area contributed by atoms with Crippen molar-refractivity contribution in [2.24, 2.45) is 0 Å². The number of carbonyl (C=O) groups is 2. The zero-order valence-electron chi connectivity index (χ0n) is 20.2. The lowest BCUT2D eigenvalue weighted by atomic mass is 10.1. The Labute approximate surface area is 207 Å². The Bertz CT molecular complexity index is 1570. The van der Waals surface area contributed by atoms with Crippen molar-refractivity contribution in [2.75, 3.05) is 10.6 Å². The second-order valence-corrected chi connectivity index (χ2v) is 8.36. The molecule has 0 saturated carbocycles. The summed E-state index contributed by atoms with van der Waals surface area (Å²) in [5.74, 6) is -0.779. The highest BCUT2D eigenvalue weighted by Crippen LogP contribution is 2.26. The molecule has 0 fully saturated rings. The summed E-state index contributed by atoms with van der Waals surface area (Å²) in [5, 5.41) is 15.4. The van der Waals surface area contributed by atoms with Crippen molar-refractivity contribution in [3.8, 4) is 5.69 Å². The van der Waals surface area contributed by atoms with Crippen LogP contribution in [0.3, 0.4) is 0 Å². The van der Waals surface area contributed by atoms with Gasteiger partial charge in [-0.15, -0.1) is 0 Å². The van der Waals surface area contributed by atoms with Crippen molar-refractivity contribution < 1.29 is 9.59 Å². The number of hydrogen-bond acceptors (Lipinski definition) is 5. The summed E-state index contributed by atoms with van der Waals surface area (Å²) in [7, 11) is 0. The first-order valence-electron chi connectivity index (χ1n) is 11.6. The highest BCUT2D eigenvalue weighted by atomic mass is 16.2. The van der Waals surface area contributed by atoms with Crippen LogP contribution >= 0.6 is 0 Å². The van der Waals surface area contributed by atoms with Crippen LogP contribution in [0.2, 0.25) is 0 Å². The third kappa shape index (κ3) is 4.34. The molecule has 5 rings (SSSR count). The molecule has 3 heterocycles. The first-order chi connectivity index (χ1) is 17.4. The van der Waals surface area contributed by atoms with Crippen molar-refractivity contribution in [3.05, 3.63) is 95.6 Å². The Balaban J connectivity index is 1.52. The van der Waals surface area contributed by atoms with Crippen LogP contribution < -0.4 is 10.6 Å². The van der Waals surface area contributed by atoms with E-state index in [-0.39, 0.29) is 11.6 Å². The van der Waals surface area contributed by atoms with Gasteiger partial charge in [-0.05, 0) is 51.1 Å². The summed E-state index contributed by atoms with van der Waals surface area (Å²) in [6.45, 7) is 6.14. The highest BCUT2D eigenvalue weighted by molar-refractivity contribution is 6.15. The Kier molecular flexibility index (Phi) is 6.03. The van der Waals surface area contributed by atoms with Gasteiger partial charge in [0, 0.05) is 24.1 Å². The van der Waals surface area contributed by atoms with Crippen molar-refractivity contribution >= 4 is 34.2 Å². The average molecular weight is 480 g/mol. The molecule has 0 saturated heterocycles. The smallest absolute Gasteiger partial charge is 0.278 e. The Hall–Kier alpha value is -4.79. The van der Waals surface area contributed by atoms with E-state index in [1.165, 1.54) is 0 Å². The van der Waals surface area contributed by atoms with Gasteiger partial charge in [-0.2, -0.15) is 10.2 Å². The molecule has 2 aromatic carbocycles. The summed E-state index contributed by atoms with van der Waals surface area (Å²) in [6.07, 6.45) is 1.66. The van der Waals surface area contributed by atoms with E-state index >= 15 is 0 Å². The average Bonchev–Trinajstić information content (AvgIpc) is 3.45. The predicted octanol–water partition coefficient (Wildman–Crippen LogP) is 4.76. The van der Waals surface area contributed by atoms with Gasteiger partial charge >= 0.3 is 0 Å². The summed E-state index contributed by atoms with van der Waals surface area (Å²) in [4.78, 5) is 31.2. The molecule has 2 N–H and O–H groups in total. The molecule has 0 spiro atoms. The van der Waals surface area contributed by atoms with E-state index in [0.717, 1.165) is 5.69 Å². The van der Waals surface area contributed by atoms with Crippen molar-refractivity contribution in [1.29, 1.82) is 0 Å². The first-order valence-corrected chi connectivity index (χ1v) is 11.6. The van der Waals surface area contributed by atoms with Gasteiger partial charge < -0.3 is 10.6 Å². The lowest BCUT2D eigenvalue weighted by molar-refractivity contribution is 0.102. The third-order valence-corrected chi connectivity index (χ3v) is 5.77. The van der Waals surface area contributed by atoms with Crippen LogP contribution in [0.4, 0.5) is 11.4 Å². The number of rotatable bonds is 6. The fourth-order valence-electron chi connectivity index (χ4n) is 4.09. The normalized spacial score (nSPS) is 11.0. The lowest BCUT2D eigenvalue weighted by Crippen LogP contribution is -2.18. The van der Waals surface area contributed by atoms with Gasteiger partial charge in [0.1, 0.15) is 0 Å². The van der Waals surface area contributed by atoms with Gasteiger partial charge in [-0.1, -0.05) is 36.4 Å². The topological polar surface area (TPSA) is 107 Å². The van der Waals surface area contributed by atoms with Crippen LogP contribution in [0.5, 0.6) is 0 Å². The lowest BCUT2D eigenvalue weighted by Gasteiger charge is -2.09. The number of aryl methyl sites for hydroxylation is 3. The second kappa shape index (κ2) is 9.46. The number of nitrogens with zero attached hydrogens (tertiary/aromatic N) is 5. The first kappa shape index (κ1) is 23.0. The Morgan fingerprint density at radius 2 is 1.58 bits per heavy atom. The monoisotopic (exact) mass is 479 g/mol. The molecular formula is C27H25N7O2. The Morgan fingerprint density at radius 1 is 0.889 bits per heavy atom. The molecule has 180 valence electrons. The van der Waals surface area contributed by atoms with Crippen LogP contribution in [0.1, 0.15) is 39.2 Å². The quantitative estimate of drug-likeness (QED) is 0.365. The zero-order chi connectivity index (χ0) is 25.2. The minimum atomic E-state index is -0.409. The number of hydrogen-bond donors (Lipinski definition) is 2. The van der Waals surface area contributed by atoms with E-state index in [2.05, 4.69) is 25.8 Å². The van der Waals surface area contributed by atoms with Crippen LogP contribution in [0.15, 0.2) is 72.9 Å². The standard InChI is InChI=1S/C27H25N7O2/c1-4-33-16-22(24(32-33)27(36)29-19-11-7-5-8-12-19)30-26(35)21-15-17(2)28-25-23(21)18(3)31-34(25)20-13-9-6-10-14-20/h5-16H,4H2,1-3H3,(H,29,36)(H,30,35). The molecule has 5 aromatic rings. The third-order valence-electron chi connectivity index (χ3n) is 5.77. The summed E-state index contributed by atoms with van der Waals surface area (Å²) < 4.78 is 3.35. The number of carbonyl (C=O) groups excluding carboxylic acids is 2. The van der Waals surface area contributed by atoms with Gasteiger partial charge in [0.05, 0.1) is 28.0 Å². The molecule has 0 radical (unpaired) electrons. The van der Waals surface area contributed by atoms with E-state index in [4.69, 9.17) is 0 Å². The van der Waals surface area contributed by atoms with Gasteiger partial charge in [-0.25, -0.2) is 9.67 Å². The number of benzene rings is 2. The van der Waals surface area contributed by atoms with Gasteiger partial charge in [0.25, 0.3) is 11.8 Å². The SMILES string of the molecule is CCn1cc(NC(=O)c2cc(C)nc3c2c(C)nn3-c2ccccc2)c(C(=O)Nc2ccccc2)n1. The van der Waals surface area contributed by atoms with Crippen LogP contribution in [-0.4, -0.2) is 36.4 Å². The maximum absolute atomic E-state index is 13.6. The maximum atomic E-state index is 13.6. The molecule has 0 unspecified atom stereocenters. The molecule has 0 bridgehead atoms. The van der Waals surface area contributed by atoms with Crippen LogP contribution in [0, 0.1) is 13.8 Å². The molecule has 0 aliphatic rings. The fourth-order valence-corrected chi connectivity index (χ4v) is 4.09. The van der Waals surface area contributed by atoms with Crippen molar-refractivity contribution in [2.45, 2.75) is 27.3 Å². The minimum Gasteiger partial charge on any atom is -0.321 e. The number of amides is 2. The van der Waals surface area contributed by atoms with E-state index in [1.54, 1.807) is 33.8 Å². The Morgan fingerprint density at radius 3 is 2.28 bits per heavy atom. The number of aromatic nitrogens is 5. The summed E-state index contributed by atoms with van der Waals surface area (Å²) in [5.41, 5.74) is 4.32. The second-order valence-electron chi connectivity index (χ2n) is 8.36. The fraction of sp³-hybridized carbons (Fsp3) is 0.148. The molecule has 9 heteroatoms. The van der Waals surface area contributed by atoms with E-state index in [0.29, 0.717) is 45.9 Å². The zero-order valence-corrected chi connectivity index (χ0v) is 20.2. The number of para-hydroxylation sites is 2. The molecule has 9 nitrogen and oxygen atoms in total. The molecule has 3 aromatic heterocycles. The van der Waals surface area contributed by atoms with Gasteiger partial charge in [-0.3, -0.25) is 14.3 Å². The number of nitrogens with one attached hydrogen (secondary N) is 2. The van der Waals surface area contributed by atoms with E-state index in [1.807, 2.05) is 69.3 Å².